The molecule has 1 aromatic heterocycles. The van der Waals surface area contributed by atoms with E-state index in [2.05, 4.69) is 53.1 Å². The van der Waals surface area contributed by atoms with Gasteiger partial charge >= 0.3 is 0 Å². The van der Waals surface area contributed by atoms with Crippen LogP contribution in [0.4, 0.5) is 11.5 Å². The molecule has 1 aliphatic heterocycles. The molecule has 0 aliphatic carbocycles. The number of carbonyl (C=O) groups excluding carboxylic acids is 2. The fourth-order valence-electron chi connectivity index (χ4n) is 4.11. The van der Waals surface area contributed by atoms with Gasteiger partial charge in [-0.05, 0) is 63.3 Å². The Balaban J connectivity index is 1.53. The standard InChI is InChI=1S/C26H38N6O2/c1-5-30(6-2)15-14-28-25(33)21-9-11-22(12-10-21)26(34)32-18-16-31(17-19-32)24-23(29-20(3)4)8-7-13-27-24/h7-13,20,29H,5-6,14-19H2,1-4H3,(H,28,33). The molecule has 2 heterocycles. The summed E-state index contributed by atoms with van der Waals surface area (Å²) in [5.41, 5.74) is 2.19. The zero-order chi connectivity index (χ0) is 24.5. The topological polar surface area (TPSA) is 80.8 Å². The average molecular weight is 467 g/mol. The van der Waals surface area contributed by atoms with Gasteiger partial charge in [0.1, 0.15) is 0 Å². The second-order valence-electron chi connectivity index (χ2n) is 8.81. The van der Waals surface area contributed by atoms with Crippen LogP contribution < -0.4 is 15.5 Å². The van der Waals surface area contributed by atoms with Gasteiger partial charge in [0.15, 0.2) is 5.82 Å². The first-order valence-electron chi connectivity index (χ1n) is 12.3. The fourth-order valence-corrected chi connectivity index (χ4v) is 4.11. The molecule has 1 aliphatic rings. The van der Waals surface area contributed by atoms with Gasteiger partial charge in [-0.1, -0.05) is 13.8 Å². The molecule has 34 heavy (non-hydrogen) atoms. The molecule has 1 fully saturated rings. The van der Waals surface area contributed by atoms with Crippen LogP contribution in [-0.4, -0.2) is 85.0 Å². The maximum atomic E-state index is 13.0. The van der Waals surface area contributed by atoms with E-state index < -0.39 is 0 Å². The van der Waals surface area contributed by atoms with E-state index in [1.54, 1.807) is 30.5 Å². The van der Waals surface area contributed by atoms with Crippen LogP contribution in [0.15, 0.2) is 42.6 Å². The van der Waals surface area contributed by atoms with Gasteiger partial charge in [-0.25, -0.2) is 4.98 Å². The number of amides is 2. The Bertz CT molecular complexity index is 935. The smallest absolute Gasteiger partial charge is 0.253 e. The minimum atomic E-state index is -0.110. The lowest BCUT2D eigenvalue weighted by molar-refractivity contribution is 0.0746. The number of anilines is 2. The van der Waals surface area contributed by atoms with Crippen LogP contribution in [0.25, 0.3) is 0 Å². The minimum absolute atomic E-state index is 0.00492. The Kier molecular flexibility index (Phi) is 9.27. The Hall–Kier alpha value is -3.13. The first kappa shape index (κ1) is 25.5. The zero-order valence-electron chi connectivity index (χ0n) is 20.9. The molecule has 184 valence electrons. The highest BCUT2D eigenvalue weighted by molar-refractivity contribution is 5.98. The Labute approximate surface area is 203 Å². The van der Waals surface area contributed by atoms with Crippen molar-refractivity contribution in [3.63, 3.8) is 0 Å². The molecule has 2 amide bonds. The number of nitrogens with one attached hydrogen (secondary N) is 2. The highest BCUT2D eigenvalue weighted by Gasteiger charge is 2.24. The molecule has 0 bridgehead atoms. The summed E-state index contributed by atoms with van der Waals surface area (Å²) in [6.07, 6.45) is 1.81. The molecule has 0 radical (unpaired) electrons. The van der Waals surface area contributed by atoms with Crippen LogP contribution in [0.2, 0.25) is 0 Å². The number of benzene rings is 1. The van der Waals surface area contributed by atoms with Crippen molar-refractivity contribution in [3.8, 4) is 0 Å². The monoisotopic (exact) mass is 466 g/mol. The third kappa shape index (κ3) is 6.70. The molecule has 1 aromatic carbocycles. The van der Waals surface area contributed by atoms with Gasteiger partial charge in [0, 0.05) is 62.6 Å². The molecule has 8 nitrogen and oxygen atoms in total. The third-order valence-corrected chi connectivity index (χ3v) is 6.10. The van der Waals surface area contributed by atoms with E-state index in [1.807, 2.05) is 17.0 Å². The minimum Gasteiger partial charge on any atom is -0.380 e. The first-order valence-corrected chi connectivity index (χ1v) is 12.3. The highest BCUT2D eigenvalue weighted by Crippen LogP contribution is 2.25. The van der Waals surface area contributed by atoms with Gasteiger partial charge in [0.25, 0.3) is 11.8 Å². The predicted molar refractivity (Wildman–Crippen MR) is 138 cm³/mol. The number of hydrogen-bond donors (Lipinski definition) is 2. The van der Waals surface area contributed by atoms with E-state index in [1.165, 1.54) is 0 Å². The summed E-state index contributed by atoms with van der Waals surface area (Å²) >= 11 is 0. The van der Waals surface area contributed by atoms with Crippen molar-refractivity contribution in [2.45, 2.75) is 33.7 Å². The quantitative estimate of drug-likeness (QED) is 0.560. The van der Waals surface area contributed by atoms with E-state index >= 15 is 0 Å². The number of nitrogens with zero attached hydrogens (tertiary/aromatic N) is 4. The maximum Gasteiger partial charge on any atom is 0.253 e. The van der Waals surface area contributed by atoms with Crippen molar-refractivity contribution >= 4 is 23.3 Å². The molecule has 0 saturated carbocycles. The molecule has 0 unspecified atom stereocenters. The number of piperazine rings is 1. The Morgan fingerprint density at radius 2 is 1.65 bits per heavy atom. The summed E-state index contributed by atoms with van der Waals surface area (Å²) < 4.78 is 0. The normalized spacial score (nSPS) is 13.9. The summed E-state index contributed by atoms with van der Waals surface area (Å²) in [6.45, 7) is 14.5. The van der Waals surface area contributed by atoms with Crippen LogP contribution in [0.5, 0.6) is 0 Å². The van der Waals surface area contributed by atoms with Crippen molar-refractivity contribution < 1.29 is 9.59 Å². The van der Waals surface area contributed by atoms with Gasteiger partial charge in [-0.3, -0.25) is 9.59 Å². The van der Waals surface area contributed by atoms with Crippen molar-refractivity contribution in [2.75, 3.05) is 62.6 Å². The van der Waals surface area contributed by atoms with Crippen LogP contribution in [0.1, 0.15) is 48.4 Å². The van der Waals surface area contributed by atoms with Gasteiger partial charge in [0.05, 0.1) is 5.69 Å². The molecule has 8 heteroatoms. The van der Waals surface area contributed by atoms with E-state index in [0.717, 1.165) is 44.2 Å². The van der Waals surface area contributed by atoms with Crippen molar-refractivity contribution in [2.24, 2.45) is 0 Å². The van der Waals surface area contributed by atoms with Crippen molar-refractivity contribution in [3.05, 3.63) is 53.7 Å². The van der Waals surface area contributed by atoms with E-state index in [0.29, 0.717) is 36.8 Å². The SMILES string of the molecule is CCN(CC)CCNC(=O)c1ccc(C(=O)N2CCN(c3ncccc3NC(C)C)CC2)cc1. The highest BCUT2D eigenvalue weighted by atomic mass is 16.2. The third-order valence-electron chi connectivity index (χ3n) is 6.10. The molecule has 3 rings (SSSR count). The Morgan fingerprint density at radius 1 is 1.00 bits per heavy atom. The van der Waals surface area contributed by atoms with Crippen molar-refractivity contribution in [1.29, 1.82) is 0 Å². The lowest BCUT2D eigenvalue weighted by atomic mass is 10.1. The molecule has 2 aromatic rings. The summed E-state index contributed by atoms with van der Waals surface area (Å²) in [4.78, 5) is 36.4. The molecule has 0 atom stereocenters. The van der Waals surface area contributed by atoms with Gasteiger partial charge in [-0.15, -0.1) is 0 Å². The maximum absolute atomic E-state index is 13.0. The second-order valence-corrected chi connectivity index (χ2v) is 8.81. The summed E-state index contributed by atoms with van der Waals surface area (Å²) in [6, 6.07) is 11.2. The largest absolute Gasteiger partial charge is 0.380 e. The van der Waals surface area contributed by atoms with Gasteiger partial charge in [0.2, 0.25) is 0 Å². The zero-order valence-corrected chi connectivity index (χ0v) is 20.9. The number of likely N-dealkylation sites (N-methyl/N-ethyl adjacent to an activating group) is 1. The van der Waals surface area contributed by atoms with Gasteiger partial charge < -0.3 is 25.3 Å². The van der Waals surface area contributed by atoms with Crippen LogP contribution in [-0.2, 0) is 0 Å². The molecular weight excluding hydrogens is 428 g/mol. The summed E-state index contributed by atoms with van der Waals surface area (Å²) in [7, 11) is 0. The summed E-state index contributed by atoms with van der Waals surface area (Å²) in [5.74, 6) is 0.815. The van der Waals surface area contributed by atoms with Gasteiger partial charge in [-0.2, -0.15) is 0 Å². The molecule has 1 saturated heterocycles. The number of rotatable bonds is 10. The number of pyridine rings is 1. The lowest BCUT2D eigenvalue weighted by Crippen LogP contribution is -2.49. The number of hydrogen-bond acceptors (Lipinski definition) is 6. The van der Waals surface area contributed by atoms with Crippen molar-refractivity contribution in [1.82, 2.24) is 20.1 Å². The van der Waals surface area contributed by atoms with E-state index in [9.17, 15) is 9.59 Å². The average Bonchev–Trinajstić information content (AvgIpc) is 2.86. The van der Waals surface area contributed by atoms with E-state index in [-0.39, 0.29) is 11.8 Å². The van der Waals surface area contributed by atoms with Crippen LogP contribution in [0, 0.1) is 0 Å². The summed E-state index contributed by atoms with van der Waals surface area (Å²) in [5, 5.41) is 6.40. The van der Waals surface area contributed by atoms with Crippen LogP contribution in [0.3, 0.4) is 0 Å². The molecular formula is C26H38N6O2. The predicted octanol–water partition coefficient (Wildman–Crippen LogP) is 2.94. The van der Waals surface area contributed by atoms with Crippen LogP contribution >= 0.6 is 0 Å². The number of carbonyl (C=O) groups is 2. The molecule has 0 spiro atoms. The Morgan fingerprint density at radius 3 is 2.26 bits per heavy atom. The fraction of sp³-hybridized carbons (Fsp3) is 0.500. The number of aromatic nitrogens is 1. The lowest BCUT2D eigenvalue weighted by Gasteiger charge is -2.36. The second kappa shape index (κ2) is 12.4. The molecule has 2 N–H and O–H groups in total. The van der Waals surface area contributed by atoms with E-state index in [4.69, 9.17) is 0 Å². The first-order chi connectivity index (χ1) is 16.4.